The molecule has 1 N–H and O–H groups in total. The number of esters is 2. The summed E-state index contributed by atoms with van der Waals surface area (Å²) in [5.41, 5.74) is 0. The smallest absolute Gasteiger partial charge is 0.306 e. The summed E-state index contributed by atoms with van der Waals surface area (Å²) in [4.78, 5) is 24.3. The van der Waals surface area contributed by atoms with Crippen LogP contribution >= 0.6 is 0 Å². The van der Waals surface area contributed by atoms with Crippen LogP contribution < -0.4 is 0 Å². The van der Waals surface area contributed by atoms with Gasteiger partial charge in [-0.15, -0.1) is 0 Å². The summed E-state index contributed by atoms with van der Waals surface area (Å²) in [6.07, 6.45) is 58.1. The number of hydrogen-bond donors (Lipinski definition) is 1. The first kappa shape index (κ1) is 55.9. The molecule has 0 bridgehead atoms. The Morgan fingerprint density at radius 3 is 0.772 bits per heavy atom. The number of carbonyl (C=O) groups excluding carboxylic acids is 2. The number of hydrogen-bond acceptors (Lipinski definition) is 5. The second-order valence-corrected chi connectivity index (χ2v) is 18.0. The maximum atomic E-state index is 12.2. The van der Waals surface area contributed by atoms with E-state index in [-0.39, 0.29) is 25.2 Å². The fourth-order valence-electron chi connectivity index (χ4n) is 8.21. The Balaban J connectivity index is 3.33. The zero-order valence-corrected chi connectivity index (χ0v) is 38.9. The molecule has 0 aromatic heterocycles. The molecular weight excluding hydrogens is 705 g/mol. The van der Waals surface area contributed by atoms with Crippen molar-refractivity contribution in [1.29, 1.82) is 0 Å². The Bertz CT molecular complexity index is 784. The molecular formula is C52H102O5. The van der Waals surface area contributed by atoms with Gasteiger partial charge in [-0.25, -0.2) is 0 Å². The molecule has 0 aromatic rings. The van der Waals surface area contributed by atoms with E-state index in [4.69, 9.17) is 9.47 Å². The highest BCUT2D eigenvalue weighted by molar-refractivity contribution is 5.70. The predicted octanol–water partition coefficient (Wildman–Crippen LogP) is 17.0. The van der Waals surface area contributed by atoms with Crippen LogP contribution in [0.15, 0.2) is 0 Å². The summed E-state index contributed by atoms with van der Waals surface area (Å²) in [7, 11) is 0. The lowest BCUT2D eigenvalue weighted by molar-refractivity contribution is -0.161. The Labute approximate surface area is 357 Å². The van der Waals surface area contributed by atoms with Crippen LogP contribution in [0.2, 0.25) is 0 Å². The van der Waals surface area contributed by atoms with Gasteiger partial charge in [-0.3, -0.25) is 9.59 Å². The molecule has 0 aliphatic carbocycles. The molecule has 5 nitrogen and oxygen atoms in total. The second kappa shape index (κ2) is 49.3. The van der Waals surface area contributed by atoms with Crippen molar-refractivity contribution >= 4 is 11.9 Å². The minimum Gasteiger partial charge on any atom is -0.462 e. The van der Waals surface area contributed by atoms with Crippen LogP contribution in [-0.2, 0) is 19.1 Å². The van der Waals surface area contributed by atoms with Crippen molar-refractivity contribution in [3.63, 3.8) is 0 Å². The van der Waals surface area contributed by atoms with Gasteiger partial charge in [0, 0.05) is 12.8 Å². The van der Waals surface area contributed by atoms with Gasteiger partial charge in [0.15, 0.2) is 6.10 Å². The van der Waals surface area contributed by atoms with E-state index in [1.54, 1.807) is 0 Å². The van der Waals surface area contributed by atoms with Crippen LogP contribution in [0.4, 0.5) is 0 Å². The molecule has 340 valence electrons. The first-order valence-corrected chi connectivity index (χ1v) is 26.1. The van der Waals surface area contributed by atoms with Gasteiger partial charge < -0.3 is 14.6 Å². The van der Waals surface area contributed by atoms with E-state index in [9.17, 15) is 14.7 Å². The summed E-state index contributed by atoms with van der Waals surface area (Å²) in [5, 5.41) is 9.58. The van der Waals surface area contributed by atoms with Gasteiger partial charge in [-0.1, -0.05) is 277 Å². The van der Waals surface area contributed by atoms with E-state index in [0.29, 0.717) is 12.8 Å². The number of ether oxygens (including phenoxy) is 2. The highest BCUT2D eigenvalue weighted by Crippen LogP contribution is 2.18. The maximum absolute atomic E-state index is 12.2. The van der Waals surface area contributed by atoms with Gasteiger partial charge in [0.2, 0.25) is 0 Å². The highest BCUT2D eigenvalue weighted by atomic mass is 16.6. The van der Waals surface area contributed by atoms with Crippen molar-refractivity contribution in [3.8, 4) is 0 Å². The van der Waals surface area contributed by atoms with Crippen molar-refractivity contribution in [3.05, 3.63) is 0 Å². The Morgan fingerprint density at radius 1 is 0.333 bits per heavy atom. The molecule has 0 saturated carbocycles. The summed E-state index contributed by atoms with van der Waals surface area (Å²) in [5.74, 6) is -0.573. The topological polar surface area (TPSA) is 72.8 Å². The fraction of sp³-hybridized carbons (Fsp3) is 0.962. The van der Waals surface area contributed by atoms with Crippen LogP contribution in [-0.4, -0.2) is 36.4 Å². The van der Waals surface area contributed by atoms with Gasteiger partial charge in [0.05, 0.1) is 6.61 Å². The summed E-state index contributed by atoms with van der Waals surface area (Å²) in [6, 6.07) is 0. The number of rotatable bonds is 49. The van der Waals surface area contributed by atoms with Gasteiger partial charge in [0.25, 0.3) is 0 Å². The van der Waals surface area contributed by atoms with Gasteiger partial charge in [0.1, 0.15) is 6.61 Å². The van der Waals surface area contributed by atoms with Crippen LogP contribution in [0.1, 0.15) is 303 Å². The normalized spacial score (nSPS) is 12.0. The van der Waals surface area contributed by atoms with Crippen molar-refractivity contribution in [2.75, 3.05) is 13.2 Å². The monoisotopic (exact) mass is 807 g/mol. The molecule has 1 atom stereocenters. The lowest BCUT2D eigenvalue weighted by Gasteiger charge is -2.15. The third kappa shape index (κ3) is 47.5. The van der Waals surface area contributed by atoms with Gasteiger partial charge in [-0.2, -0.15) is 0 Å². The number of carbonyl (C=O) groups is 2. The van der Waals surface area contributed by atoms with E-state index in [2.05, 4.69) is 13.8 Å². The van der Waals surface area contributed by atoms with Crippen LogP contribution in [0.3, 0.4) is 0 Å². The van der Waals surface area contributed by atoms with E-state index < -0.39 is 6.10 Å². The predicted molar refractivity (Wildman–Crippen MR) is 247 cm³/mol. The molecule has 5 heteroatoms. The average molecular weight is 807 g/mol. The molecule has 0 aromatic carbocycles. The first-order valence-electron chi connectivity index (χ1n) is 26.1. The minimum atomic E-state index is -0.762. The molecule has 57 heavy (non-hydrogen) atoms. The summed E-state index contributed by atoms with van der Waals surface area (Å²) in [6.45, 7) is 4.17. The lowest BCUT2D eigenvalue weighted by atomic mass is 10.0. The molecule has 0 aliphatic rings. The Morgan fingerprint density at radius 2 is 0.544 bits per heavy atom. The third-order valence-electron chi connectivity index (χ3n) is 12.2. The number of aliphatic hydroxyl groups excluding tert-OH is 1. The van der Waals surface area contributed by atoms with Crippen LogP contribution in [0.25, 0.3) is 0 Å². The molecule has 0 saturated heterocycles. The zero-order chi connectivity index (χ0) is 41.4. The van der Waals surface area contributed by atoms with Crippen molar-refractivity contribution < 1.29 is 24.2 Å². The SMILES string of the molecule is CCCCCCCCCCCCCCCCCCCCCCCCCCCCCCCCCCCC(=O)OC(CO)COC(=O)CCCCCCCCCCCC. The Kier molecular flexibility index (Phi) is 48.3. The summed E-state index contributed by atoms with van der Waals surface area (Å²) >= 11 is 0. The molecule has 1 unspecified atom stereocenters. The molecule has 0 amide bonds. The van der Waals surface area contributed by atoms with E-state index in [1.807, 2.05) is 0 Å². The largest absolute Gasteiger partial charge is 0.462 e. The standard InChI is InChI=1S/C52H102O5/c1-3-5-7-9-11-13-15-16-17-18-19-20-21-22-23-24-25-26-27-28-29-30-31-32-33-34-35-36-37-39-41-43-45-47-52(55)57-50(48-53)49-56-51(54)46-44-42-40-38-14-12-10-8-6-4-2/h50,53H,3-49H2,1-2H3. The quantitative estimate of drug-likeness (QED) is 0.0490. The van der Waals surface area contributed by atoms with E-state index in [0.717, 1.165) is 38.5 Å². The first-order chi connectivity index (χ1) is 28.1. The molecule has 0 rings (SSSR count). The lowest BCUT2D eigenvalue weighted by Crippen LogP contribution is -2.28. The molecule has 0 heterocycles. The molecule has 0 spiro atoms. The second-order valence-electron chi connectivity index (χ2n) is 18.0. The number of aliphatic hydroxyl groups is 1. The van der Waals surface area contributed by atoms with Crippen LogP contribution in [0.5, 0.6) is 0 Å². The van der Waals surface area contributed by atoms with Crippen molar-refractivity contribution in [2.45, 2.75) is 309 Å². The van der Waals surface area contributed by atoms with Crippen molar-refractivity contribution in [1.82, 2.24) is 0 Å². The van der Waals surface area contributed by atoms with Gasteiger partial charge >= 0.3 is 11.9 Å². The Hall–Kier alpha value is -1.10. The maximum Gasteiger partial charge on any atom is 0.306 e. The number of unbranched alkanes of at least 4 members (excludes halogenated alkanes) is 41. The van der Waals surface area contributed by atoms with Crippen LogP contribution in [0, 0.1) is 0 Å². The molecule has 0 fully saturated rings. The summed E-state index contributed by atoms with van der Waals surface area (Å²) < 4.78 is 10.6. The average Bonchev–Trinajstić information content (AvgIpc) is 3.21. The fourth-order valence-corrected chi connectivity index (χ4v) is 8.21. The highest BCUT2D eigenvalue weighted by Gasteiger charge is 2.16. The molecule has 0 radical (unpaired) electrons. The van der Waals surface area contributed by atoms with E-state index in [1.165, 1.54) is 238 Å². The zero-order valence-electron chi connectivity index (χ0n) is 38.9. The van der Waals surface area contributed by atoms with Gasteiger partial charge in [-0.05, 0) is 12.8 Å². The van der Waals surface area contributed by atoms with Crippen molar-refractivity contribution in [2.24, 2.45) is 0 Å². The minimum absolute atomic E-state index is 0.0570. The third-order valence-corrected chi connectivity index (χ3v) is 12.2. The van der Waals surface area contributed by atoms with E-state index >= 15 is 0 Å². The molecule has 0 aliphatic heterocycles.